The van der Waals surface area contributed by atoms with E-state index in [-0.39, 0.29) is 23.6 Å². The van der Waals surface area contributed by atoms with E-state index < -0.39 is 11.9 Å². The second-order valence-electron chi connectivity index (χ2n) is 8.65. The molecule has 0 aliphatic carbocycles. The van der Waals surface area contributed by atoms with Gasteiger partial charge in [0, 0.05) is 24.5 Å². The molecule has 0 unspecified atom stereocenters. The summed E-state index contributed by atoms with van der Waals surface area (Å²) in [4.78, 5) is 26.6. The molecule has 4 heterocycles. The number of halogens is 2. The lowest BCUT2D eigenvalue weighted by Crippen LogP contribution is -2.55. The van der Waals surface area contributed by atoms with Crippen molar-refractivity contribution in [3.63, 3.8) is 0 Å². The zero-order valence-corrected chi connectivity index (χ0v) is 18.9. The monoisotopic (exact) mass is 493 g/mol. The maximum Gasteiger partial charge on any atom is 0.407 e. The Hall–Kier alpha value is -2.20. The highest BCUT2D eigenvalue weighted by Crippen LogP contribution is 2.36. The minimum Gasteiger partial charge on any atom is -0.465 e. The number of likely N-dealkylation sites (N-methyl/N-ethyl adjacent to an activating group) is 1. The molecular formula is C21H25BrFN5O3. The van der Waals surface area contributed by atoms with Gasteiger partial charge >= 0.3 is 12.1 Å². The van der Waals surface area contributed by atoms with E-state index in [2.05, 4.69) is 42.7 Å². The van der Waals surface area contributed by atoms with Crippen LogP contribution >= 0.6 is 15.9 Å². The van der Waals surface area contributed by atoms with Crippen LogP contribution in [-0.2, 0) is 0 Å². The predicted octanol–water partition coefficient (Wildman–Crippen LogP) is 3.34. The van der Waals surface area contributed by atoms with Crippen LogP contribution in [0.15, 0.2) is 16.6 Å². The smallest absolute Gasteiger partial charge is 0.407 e. The fraction of sp³-hybridized carbons (Fsp3) is 0.571. The van der Waals surface area contributed by atoms with Crippen molar-refractivity contribution in [2.24, 2.45) is 0 Å². The molecule has 0 saturated carbocycles. The van der Waals surface area contributed by atoms with Crippen molar-refractivity contribution in [2.45, 2.75) is 43.8 Å². The van der Waals surface area contributed by atoms with Crippen LogP contribution in [0.3, 0.4) is 0 Å². The second kappa shape index (κ2) is 8.05. The fourth-order valence-electron chi connectivity index (χ4n) is 5.16. The number of amides is 1. The summed E-state index contributed by atoms with van der Waals surface area (Å²) in [5.74, 6) is 0.157. The predicted molar refractivity (Wildman–Crippen MR) is 117 cm³/mol. The van der Waals surface area contributed by atoms with Crippen LogP contribution in [0.25, 0.3) is 10.9 Å². The van der Waals surface area contributed by atoms with E-state index >= 15 is 0 Å². The van der Waals surface area contributed by atoms with E-state index in [1.807, 2.05) is 0 Å². The van der Waals surface area contributed by atoms with Crippen molar-refractivity contribution >= 4 is 38.7 Å². The third-order valence-electron chi connectivity index (χ3n) is 6.80. The Morgan fingerprint density at radius 1 is 1.26 bits per heavy atom. The van der Waals surface area contributed by atoms with E-state index in [1.165, 1.54) is 0 Å². The summed E-state index contributed by atoms with van der Waals surface area (Å²) in [5.41, 5.74) is 0.210. The number of anilines is 1. The quantitative estimate of drug-likeness (QED) is 0.699. The third-order valence-corrected chi connectivity index (χ3v) is 7.41. The molecule has 3 fully saturated rings. The number of fused-ring (bicyclic) bond motifs is 3. The topological polar surface area (TPSA) is 82.0 Å². The van der Waals surface area contributed by atoms with Crippen molar-refractivity contribution in [1.29, 1.82) is 0 Å². The van der Waals surface area contributed by atoms with Gasteiger partial charge in [-0.1, -0.05) is 0 Å². The van der Waals surface area contributed by atoms with Crippen molar-refractivity contribution in [3.05, 3.63) is 22.4 Å². The number of carboxylic acid groups (broad SMARTS) is 1. The molecule has 3 aliphatic heterocycles. The normalized spacial score (nSPS) is 26.1. The summed E-state index contributed by atoms with van der Waals surface area (Å²) in [6.07, 6.45) is 2.96. The lowest BCUT2D eigenvalue weighted by atomic mass is 10.1. The first-order valence-electron chi connectivity index (χ1n) is 10.7. The lowest BCUT2D eigenvalue weighted by Gasteiger charge is -2.40. The van der Waals surface area contributed by atoms with Gasteiger partial charge in [-0.15, -0.1) is 0 Å². The van der Waals surface area contributed by atoms with Crippen LogP contribution in [0.4, 0.5) is 15.0 Å². The number of likely N-dealkylation sites (tertiary alicyclic amines) is 1. The SMILES string of the molecule is CN1CCC[C@H]1COc1nc(N2C[C@H]3CC[C@@H](C2)N3C(=O)O)c2ccc(Br)c(F)c2n1. The number of aromatic nitrogens is 2. The molecule has 31 heavy (non-hydrogen) atoms. The molecule has 1 aromatic carbocycles. The molecule has 0 radical (unpaired) electrons. The molecule has 3 aliphatic rings. The van der Waals surface area contributed by atoms with Crippen LogP contribution in [0.2, 0.25) is 0 Å². The Labute approximate surface area is 188 Å². The number of benzene rings is 1. The van der Waals surface area contributed by atoms with Gasteiger partial charge in [0.2, 0.25) is 0 Å². The molecule has 8 nitrogen and oxygen atoms in total. The Morgan fingerprint density at radius 2 is 2.00 bits per heavy atom. The highest BCUT2D eigenvalue weighted by atomic mass is 79.9. The van der Waals surface area contributed by atoms with Gasteiger partial charge in [0.25, 0.3) is 0 Å². The Bertz CT molecular complexity index is 1010. The molecule has 2 aromatic rings. The molecule has 0 spiro atoms. The number of rotatable bonds is 4. The second-order valence-corrected chi connectivity index (χ2v) is 9.51. The van der Waals surface area contributed by atoms with Crippen LogP contribution in [0, 0.1) is 5.82 Å². The third kappa shape index (κ3) is 3.69. The van der Waals surface area contributed by atoms with Crippen molar-refractivity contribution in [1.82, 2.24) is 19.8 Å². The van der Waals surface area contributed by atoms with Crippen LogP contribution in [0.1, 0.15) is 25.7 Å². The van der Waals surface area contributed by atoms with Gasteiger partial charge in [-0.2, -0.15) is 9.97 Å². The van der Waals surface area contributed by atoms with Crippen molar-refractivity contribution in [3.8, 4) is 6.01 Å². The molecule has 2 bridgehead atoms. The number of piperazine rings is 1. The van der Waals surface area contributed by atoms with Crippen LogP contribution in [0.5, 0.6) is 6.01 Å². The highest BCUT2D eigenvalue weighted by molar-refractivity contribution is 9.10. The molecule has 1 N–H and O–H groups in total. The summed E-state index contributed by atoms with van der Waals surface area (Å²) < 4.78 is 21.2. The lowest BCUT2D eigenvalue weighted by molar-refractivity contribution is 0.114. The zero-order valence-electron chi connectivity index (χ0n) is 17.3. The average molecular weight is 494 g/mol. The molecule has 3 atom stereocenters. The Balaban J connectivity index is 1.49. The largest absolute Gasteiger partial charge is 0.465 e. The number of carbonyl (C=O) groups is 1. The van der Waals surface area contributed by atoms with Crippen molar-refractivity contribution in [2.75, 3.05) is 38.2 Å². The van der Waals surface area contributed by atoms with Gasteiger partial charge in [0.15, 0.2) is 5.82 Å². The van der Waals surface area contributed by atoms with E-state index in [0.717, 1.165) is 32.2 Å². The first kappa shape index (κ1) is 20.7. The summed E-state index contributed by atoms with van der Waals surface area (Å²) in [7, 11) is 2.07. The minimum absolute atomic E-state index is 0.0851. The van der Waals surface area contributed by atoms with E-state index in [9.17, 15) is 14.3 Å². The highest BCUT2D eigenvalue weighted by Gasteiger charge is 2.43. The molecule has 3 saturated heterocycles. The van der Waals surface area contributed by atoms with E-state index in [4.69, 9.17) is 4.74 Å². The van der Waals surface area contributed by atoms with Gasteiger partial charge in [-0.05, 0) is 67.3 Å². The molecule has 166 valence electrons. The number of nitrogens with zero attached hydrogens (tertiary/aromatic N) is 5. The first-order chi connectivity index (χ1) is 14.9. The average Bonchev–Trinajstić information content (AvgIpc) is 3.28. The summed E-state index contributed by atoms with van der Waals surface area (Å²) in [5, 5.41) is 10.2. The summed E-state index contributed by atoms with van der Waals surface area (Å²) in [6, 6.07) is 3.74. The van der Waals surface area contributed by atoms with E-state index in [0.29, 0.717) is 41.4 Å². The Morgan fingerprint density at radius 3 is 2.65 bits per heavy atom. The zero-order chi connectivity index (χ0) is 21.7. The molecule has 1 aromatic heterocycles. The first-order valence-corrected chi connectivity index (χ1v) is 11.5. The maximum absolute atomic E-state index is 15.0. The molecule has 1 amide bonds. The standard InChI is InChI=1S/C21H25BrFN5O3/c1-26-8-2-3-14(26)11-31-20-24-18-15(6-7-16(22)17(18)23)19(25-20)27-9-12-4-5-13(10-27)28(12)21(29)30/h6-7,12-14H,2-5,8-11H2,1H3,(H,29,30)/t12-,13+,14-/m0/s1. The van der Waals surface area contributed by atoms with Gasteiger partial charge in [0.05, 0.1) is 16.6 Å². The summed E-state index contributed by atoms with van der Waals surface area (Å²) in [6.45, 7) is 2.54. The van der Waals surface area contributed by atoms with Crippen LogP contribution < -0.4 is 9.64 Å². The van der Waals surface area contributed by atoms with Gasteiger partial charge in [0.1, 0.15) is 17.9 Å². The molecule has 10 heteroatoms. The number of ether oxygens (including phenoxy) is 1. The summed E-state index contributed by atoms with van der Waals surface area (Å²) >= 11 is 3.25. The molecular weight excluding hydrogens is 469 g/mol. The van der Waals surface area contributed by atoms with Gasteiger partial charge in [-0.25, -0.2) is 9.18 Å². The van der Waals surface area contributed by atoms with Gasteiger partial charge < -0.3 is 19.6 Å². The van der Waals surface area contributed by atoms with Gasteiger partial charge in [-0.3, -0.25) is 4.90 Å². The maximum atomic E-state index is 15.0. The van der Waals surface area contributed by atoms with E-state index in [1.54, 1.807) is 17.0 Å². The minimum atomic E-state index is -0.876. The van der Waals surface area contributed by atoms with Crippen molar-refractivity contribution < 1.29 is 19.0 Å². The Kier molecular flexibility index (Phi) is 5.37. The van der Waals surface area contributed by atoms with Crippen LogP contribution in [-0.4, -0.2) is 82.4 Å². The molecule has 5 rings (SSSR count). The number of hydrogen-bond donors (Lipinski definition) is 1. The fourth-order valence-corrected chi connectivity index (χ4v) is 5.48. The number of hydrogen-bond acceptors (Lipinski definition) is 6.